The van der Waals surface area contributed by atoms with E-state index in [0.717, 1.165) is 0 Å². The molecule has 0 saturated carbocycles. The number of rotatable bonds is 4. The minimum Gasteiger partial charge on any atom is -0.505 e. The summed E-state index contributed by atoms with van der Waals surface area (Å²) in [4.78, 5) is 16.2. The number of aromatic nitrogens is 4. The third-order valence-electron chi connectivity index (χ3n) is 9.74. The molecule has 12 heteroatoms. The molecule has 2 aliphatic heterocycles. The lowest BCUT2D eigenvalue weighted by Crippen LogP contribution is -1.94. The lowest BCUT2D eigenvalue weighted by molar-refractivity contribution is 0.433. The Morgan fingerprint density at radius 1 is 0.339 bits per heavy atom. The van der Waals surface area contributed by atoms with Crippen molar-refractivity contribution >= 4 is 46.4 Å². The first-order valence-electron chi connectivity index (χ1n) is 17.2. The number of halogens is 4. The predicted octanol–water partition coefficient (Wildman–Crippen LogP) is 10.7. The molecule has 0 fully saturated rings. The largest absolute Gasteiger partial charge is 0.505 e. The molecule has 8 nitrogen and oxygen atoms in total. The predicted molar refractivity (Wildman–Crippen MR) is 207 cm³/mol. The maximum atomic E-state index is 15.9. The van der Waals surface area contributed by atoms with Crippen LogP contribution in [0.3, 0.4) is 0 Å². The minimum absolute atomic E-state index is 0.0158. The van der Waals surface area contributed by atoms with Gasteiger partial charge < -0.3 is 30.4 Å². The first kappa shape index (κ1) is 34.2. The van der Waals surface area contributed by atoms with Gasteiger partial charge in [-0.1, -0.05) is 48.5 Å². The lowest BCUT2D eigenvalue weighted by atomic mass is 10.0. The number of benzene rings is 4. The van der Waals surface area contributed by atoms with Gasteiger partial charge in [-0.25, -0.2) is 27.5 Å². The molecule has 0 spiro atoms. The zero-order chi connectivity index (χ0) is 38.8. The highest BCUT2D eigenvalue weighted by Crippen LogP contribution is 2.42. The molecule has 7 aromatic rings. The number of nitrogens with one attached hydrogen (secondary N) is 2. The third-order valence-corrected chi connectivity index (χ3v) is 9.74. The van der Waals surface area contributed by atoms with E-state index in [2.05, 4.69) is 9.97 Å². The van der Waals surface area contributed by atoms with Crippen molar-refractivity contribution in [2.75, 3.05) is 0 Å². The van der Waals surface area contributed by atoms with E-state index < -0.39 is 46.3 Å². The van der Waals surface area contributed by atoms with Crippen molar-refractivity contribution in [2.45, 2.75) is 0 Å². The van der Waals surface area contributed by atoms with Crippen LogP contribution in [0.5, 0.6) is 23.0 Å². The Bertz CT molecular complexity index is 2890. The number of hydrogen-bond acceptors (Lipinski definition) is 6. The second kappa shape index (κ2) is 13.1. The van der Waals surface area contributed by atoms with Crippen LogP contribution >= 0.6 is 0 Å². The maximum Gasteiger partial charge on any atom is 0.172 e. The van der Waals surface area contributed by atoms with Gasteiger partial charge in [0, 0.05) is 66.6 Å². The molecule has 0 unspecified atom stereocenters. The molecule has 8 bridgehead atoms. The summed E-state index contributed by atoms with van der Waals surface area (Å²) in [6.45, 7) is 0. The zero-order valence-electron chi connectivity index (χ0n) is 28.7. The van der Waals surface area contributed by atoms with Crippen LogP contribution in [0.4, 0.5) is 17.6 Å². The molecule has 4 aromatic carbocycles. The van der Waals surface area contributed by atoms with Crippen molar-refractivity contribution < 1.29 is 38.0 Å². The van der Waals surface area contributed by atoms with Gasteiger partial charge in [-0.3, -0.25) is 0 Å². The molecule has 5 heterocycles. The molecule has 0 radical (unpaired) electrons. The standard InChI is InChI=1S/C44H26F4N4O4/c45-41-21(5-1-9-33(41)53)37-25-13-15-27(49-25)38(22-6-2-10-34(54)42(22)46)29-17-19-31(51-29)40(24-8-4-12-36(56)44(24)48)32-20-18-30(52-32)39(28-16-14-26(37)50-28)23-7-3-11-35(55)43(23)47/h1-20,49-50,53-56H. The van der Waals surface area contributed by atoms with Crippen LogP contribution < -0.4 is 0 Å². The molecule has 0 aliphatic carbocycles. The van der Waals surface area contributed by atoms with Gasteiger partial charge in [0.25, 0.3) is 0 Å². The Labute approximate surface area is 314 Å². The molecule has 0 atom stereocenters. The number of H-pyrrole nitrogens is 2. The zero-order valence-corrected chi connectivity index (χ0v) is 28.7. The molecule has 56 heavy (non-hydrogen) atoms. The van der Waals surface area contributed by atoms with Crippen molar-refractivity contribution in [2.24, 2.45) is 0 Å². The van der Waals surface area contributed by atoms with Gasteiger partial charge in [0.05, 0.1) is 22.8 Å². The highest BCUT2D eigenvalue weighted by atomic mass is 19.1. The van der Waals surface area contributed by atoms with E-state index in [4.69, 9.17) is 9.97 Å². The van der Waals surface area contributed by atoms with Crippen molar-refractivity contribution in [3.8, 4) is 67.5 Å². The van der Waals surface area contributed by atoms with Crippen LogP contribution in [-0.4, -0.2) is 40.4 Å². The lowest BCUT2D eigenvalue weighted by Gasteiger charge is -2.09. The quantitative estimate of drug-likeness (QED) is 0.0991. The fraction of sp³-hybridized carbons (Fsp3) is 0. The van der Waals surface area contributed by atoms with Gasteiger partial charge in [-0.15, -0.1) is 0 Å². The summed E-state index contributed by atoms with van der Waals surface area (Å²) in [7, 11) is 0. The van der Waals surface area contributed by atoms with E-state index in [9.17, 15) is 20.4 Å². The number of phenolic OH excluding ortho intramolecular Hbond substituents is 4. The second-order valence-corrected chi connectivity index (χ2v) is 13.1. The number of aromatic hydroxyl groups is 4. The van der Waals surface area contributed by atoms with Crippen LogP contribution in [0.25, 0.3) is 90.9 Å². The van der Waals surface area contributed by atoms with E-state index in [0.29, 0.717) is 22.1 Å². The summed E-state index contributed by atoms with van der Waals surface area (Å²) in [6, 6.07) is 23.0. The fourth-order valence-electron chi connectivity index (χ4n) is 7.19. The van der Waals surface area contributed by atoms with Crippen molar-refractivity contribution in [3.05, 3.63) is 143 Å². The average Bonchev–Trinajstić information content (AvgIpc) is 4.03. The van der Waals surface area contributed by atoms with Crippen LogP contribution in [0.2, 0.25) is 0 Å². The van der Waals surface area contributed by atoms with Crippen LogP contribution in [-0.2, 0) is 0 Å². The topological polar surface area (TPSA) is 138 Å². The summed E-state index contributed by atoms with van der Waals surface area (Å²) < 4.78 is 63.5. The molecule has 2 aliphatic rings. The first-order chi connectivity index (χ1) is 27.1. The molecule has 3 aromatic heterocycles. The molecule has 0 amide bonds. The van der Waals surface area contributed by atoms with E-state index in [1.165, 1.54) is 72.8 Å². The van der Waals surface area contributed by atoms with E-state index in [1.807, 2.05) is 0 Å². The number of aromatic amines is 2. The SMILES string of the molecule is Oc1cccc(-c2c3nc(c(-c4cccc(O)c4F)c4ccc([nH]4)c(-c4cccc(O)c4F)c4ccc([nH]4)c(-c4cccc(O)c4F)c4nc2C=C4)C=C3)c1F. The minimum atomic E-state index is -0.956. The Kier molecular flexibility index (Phi) is 7.97. The van der Waals surface area contributed by atoms with Crippen LogP contribution in [0.15, 0.2) is 97.1 Å². The van der Waals surface area contributed by atoms with Gasteiger partial charge in [0.2, 0.25) is 0 Å². The second-order valence-electron chi connectivity index (χ2n) is 13.1. The molecule has 6 N–H and O–H groups in total. The Hall–Kier alpha value is -7.60. The first-order valence-corrected chi connectivity index (χ1v) is 17.2. The summed E-state index contributed by atoms with van der Waals surface area (Å²) in [5.74, 6) is -6.24. The van der Waals surface area contributed by atoms with Crippen molar-refractivity contribution in [3.63, 3.8) is 0 Å². The highest BCUT2D eigenvalue weighted by molar-refractivity contribution is 6.00. The number of phenols is 4. The Morgan fingerprint density at radius 2 is 0.607 bits per heavy atom. The fourth-order valence-corrected chi connectivity index (χ4v) is 7.19. The summed E-state index contributed by atoms with van der Waals surface area (Å²) >= 11 is 0. The van der Waals surface area contributed by atoms with E-state index in [-0.39, 0.29) is 67.3 Å². The maximum absolute atomic E-state index is 15.9. The smallest absolute Gasteiger partial charge is 0.172 e. The molecular formula is C44H26F4N4O4. The molecule has 0 saturated heterocycles. The van der Waals surface area contributed by atoms with Gasteiger partial charge >= 0.3 is 0 Å². The number of fused-ring (bicyclic) bond motifs is 8. The number of hydrogen-bond donors (Lipinski definition) is 6. The summed E-state index contributed by atoms with van der Waals surface area (Å²) in [5.41, 5.74) is 2.52. The summed E-state index contributed by atoms with van der Waals surface area (Å²) in [5, 5.41) is 41.8. The van der Waals surface area contributed by atoms with Crippen LogP contribution in [0, 0.1) is 23.3 Å². The van der Waals surface area contributed by atoms with Gasteiger partial charge in [0.1, 0.15) is 0 Å². The Balaban J connectivity index is 1.52. The Morgan fingerprint density at radius 3 is 0.946 bits per heavy atom. The van der Waals surface area contributed by atoms with E-state index in [1.54, 1.807) is 48.6 Å². The monoisotopic (exact) mass is 750 g/mol. The summed E-state index contributed by atoms with van der Waals surface area (Å²) in [6.07, 6.45) is 6.29. The molecule has 274 valence electrons. The van der Waals surface area contributed by atoms with Crippen molar-refractivity contribution in [1.29, 1.82) is 0 Å². The average molecular weight is 751 g/mol. The highest BCUT2D eigenvalue weighted by Gasteiger charge is 2.24. The van der Waals surface area contributed by atoms with Gasteiger partial charge in [-0.2, -0.15) is 0 Å². The van der Waals surface area contributed by atoms with Crippen molar-refractivity contribution in [1.82, 2.24) is 19.9 Å². The molecule has 9 rings (SSSR count). The van der Waals surface area contributed by atoms with Crippen LogP contribution in [0.1, 0.15) is 22.8 Å². The normalized spacial score (nSPS) is 12.1. The van der Waals surface area contributed by atoms with Gasteiger partial charge in [-0.05, 0) is 72.8 Å². The van der Waals surface area contributed by atoms with E-state index >= 15 is 17.6 Å². The molecular weight excluding hydrogens is 724 g/mol. The van der Waals surface area contributed by atoms with Gasteiger partial charge in [0.15, 0.2) is 46.3 Å². The third kappa shape index (κ3) is 5.46. The number of nitrogens with zero attached hydrogens (tertiary/aromatic N) is 2.